The van der Waals surface area contributed by atoms with Crippen LogP contribution in [0, 0.1) is 21.4 Å². The number of nitro groups is 1. The van der Waals surface area contributed by atoms with Crippen molar-refractivity contribution in [1.29, 1.82) is 5.26 Å². The Bertz CT molecular complexity index is 549. The van der Waals surface area contributed by atoms with E-state index in [4.69, 9.17) is 5.26 Å². The first-order chi connectivity index (χ1) is 10.1. The van der Waals surface area contributed by atoms with Crippen LogP contribution in [0.3, 0.4) is 0 Å². The minimum atomic E-state index is -0.405. The Labute approximate surface area is 123 Å². The molecule has 0 aliphatic carbocycles. The molecule has 0 spiro atoms. The maximum atomic E-state index is 11.1. The van der Waals surface area contributed by atoms with Gasteiger partial charge in [-0.15, -0.1) is 0 Å². The zero-order valence-electron chi connectivity index (χ0n) is 12.1. The molecule has 112 valence electrons. The van der Waals surface area contributed by atoms with Crippen LogP contribution >= 0.6 is 0 Å². The highest BCUT2D eigenvalue weighted by Gasteiger charge is 2.18. The molecule has 21 heavy (non-hydrogen) atoms. The Kier molecular flexibility index (Phi) is 5.09. The zero-order valence-corrected chi connectivity index (χ0v) is 12.1. The van der Waals surface area contributed by atoms with Crippen LogP contribution in [0.4, 0.5) is 11.4 Å². The van der Waals surface area contributed by atoms with E-state index in [0.717, 1.165) is 32.7 Å². The molecule has 0 saturated carbocycles. The Balaban J connectivity index is 2.08. The number of benzene rings is 1. The predicted octanol–water partition coefficient (Wildman–Crippen LogP) is 0.808. The van der Waals surface area contributed by atoms with Gasteiger partial charge in [0.2, 0.25) is 0 Å². The van der Waals surface area contributed by atoms with Crippen molar-refractivity contribution in [3.8, 4) is 6.07 Å². The average molecular weight is 289 g/mol. The monoisotopic (exact) mass is 289 g/mol. The maximum Gasteiger partial charge on any atom is 0.292 e. The number of likely N-dealkylation sites (N-methyl/N-ethyl adjacent to an activating group) is 1. The summed E-state index contributed by atoms with van der Waals surface area (Å²) in [5.74, 6) is 0. The molecule has 0 bridgehead atoms. The fourth-order valence-electron chi connectivity index (χ4n) is 2.40. The van der Waals surface area contributed by atoms with Gasteiger partial charge in [-0.2, -0.15) is 5.26 Å². The molecule has 0 radical (unpaired) electrons. The second-order valence-electron chi connectivity index (χ2n) is 5.09. The molecule has 0 aromatic heterocycles. The van der Waals surface area contributed by atoms with E-state index in [9.17, 15) is 10.1 Å². The van der Waals surface area contributed by atoms with Crippen molar-refractivity contribution in [3.05, 3.63) is 33.9 Å². The fraction of sp³-hybridized carbons (Fsp3) is 0.500. The third kappa shape index (κ3) is 3.90. The largest absolute Gasteiger partial charge is 0.368 e. The lowest BCUT2D eigenvalue weighted by Crippen LogP contribution is -2.46. The number of nitrogens with zero attached hydrogens (tertiary/aromatic N) is 4. The third-order valence-electron chi connectivity index (χ3n) is 3.67. The summed E-state index contributed by atoms with van der Waals surface area (Å²) in [6.07, 6.45) is 0. The average Bonchev–Trinajstić information content (AvgIpc) is 2.52. The van der Waals surface area contributed by atoms with Gasteiger partial charge in [-0.1, -0.05) is 0 Å². The highest BCUT2D eigenvalue weighted by molar-refractivity contribution is 5.65. The highest BCUT2D eigenvalue weighted by atomic mass is 16.6. The van der Waals surface area contributed by atoms with Crippen LogP contribution in [0.1, 0.15) is 5.56 Å². The lowest BCUT2D eigenvalue weighted by atomic mass is 10.1. The summed E-state index contributed by atoms with van der Waals surface area (Å²) in [4.78, 5) is 14.9. The Morgan fingerprint density at radius 1 is 1.48 bits per heavy atom. The Morgan fingerprint density at radius 2 is 2.19 bits per heavy atom. The normalized spacial score (nSPS) is 15.4. The number of hydrogen-bond donors (Lipinski definition) is 1. The molecule has 0 unspecified atom stereocenters. The summed E-state index contributed by atoms with van der Waals surface area (Å²) in [6.45, 7) is 5.49. The van der Waals surface area contributed by atoms with Gasteiger partial charge in [0.25, 0.3) is 5.69 Å². The van der Waals surface area contributed by atoms with Gasteiger partial charge in [-0.3, -0.25) is 15.0 Å². The first-order valence-electron chi connectivity index (χ1n) is 6.94. The predicted molar refractivity (Wildman–Crippen MR) is 80.4 cm³/mol. The van der Waals surface area contributed by atoms with Gasteiger partial charge in [0, 0.05) is 52.4 Å². The van der Waals surface area contributed by atoms with Crippen LogP contribution in [-0.4, -0.2) is 56.1 Å². The quantitative estimate of drug-likeness (QED) is 0.637. The summed E-state index contributed by atoms with van der Waals surface area (Å²) in [5.41, 5.74) is 0.968. The lowest BCUT2D eigenvalue weighted by Gasteiger charge is -2.29. The molecule has 2 rings (SSSR count). The molecule has 1 saturated heterocycles. The Hall–Kier alpha value is -2.17. The van der Waals surface area contributed by atoms with E-state index in [0.29, 0.717) is 17.8 Å². The first kappa shape index (κ1) is 15.2. The summed E-state index contributed by atoms with van der Waals surface area (Å²) in [7, 11) is 1.83. The minimum Gasteiger partial charge on any atom is -0.368 e. The molecule has 7 nitrogen and oxygen atoms in total. The summed E-state index contributed by atoms with van der Waals surface area (Å²) in [6, 6.07) is 6.48. The van der Waals surface area contributed by atoms with Crippen LogP contribution in [0.25, 0.3) is 0 Å². The van der Waals surface area contributed by atoms with Crippen molar-refractivity contribution in [2.24, 2.45) is 0 Å². The van der Waals surface area contributed by atoms with Gasteiger partial charge in [-0.05, 0) is 12.1 Å². The van der Waals surface area contributed by atoms with Crippen molar-refractivity contribution in [3.63, 3.8) is 0 Å². The Morgan fingerprint density at radius 3 is 2.81 bits per heavy atom. The van der Waals surface area contributed by atoms with E-state index in [1.165, 1.54) is 12.1 Å². The van der Waals surface area contributed by atoms with Crippen molar-refractivity contribution in [2.45, 2.75) is 0 Å². The van der Waals surface area contributed by atoms with Gasteiger partial charge in [-0.25, -0.2) is 0 Å². The van der Waals surface area contributed by atoms with Crippen LogP contribution in [-0.2, 0) is 0 Å². The molecule has 7 heteroatoms. The third-order valence-corrected chi connectivity index (χ3v) is 3.67. The van der Waals surface area contributed by atoms with Crippen LogP contribution in [0.15, 0.2) is 18.2 Å². The molecule has 1 N–H and O–H groups in total. The fourth-order valence-corrected chi connectivity index (χ4v) is 2.40. The van der Waals surface area contributed by atoms with E-state index in [1.807, 2.05) is 18.0 Å². The number of nitro benzene ring substituents is 1. The van der Waals surface area contributed by atoms with Crippen LogP contribution in [0.5, 0.6) is 0 Å². The summed E-state index contributed by atoms with van der Waals surface area (Å²) in [5, 5.41) is 23.4. The van der Waals surface area contributed by atoms with Gasteiger partial charge >= 0.3 is 0 Å². The zero-order chi connectivity index (χ0) is 15.2. The smallest absolute Gasteiger partial charge is 0.292 e. The lowest BCUT2D eigenvalue weighted by molar-refractivity contribution is -0.384. The molecule has 1 aliphatic heterocycles. The topological polar surface area (TPSA) is 85.4 Å². The molecule has 0 amide bonds. The van der Waals surface area contributed by atoms with Crippen molar-refractivity contribution in [2.75, 3.05) is 51.2 Å². The number of hydrogen-bond acceptors (Lipinski definition) is 6. The van der Waals surface area contributed by atoms with Gasteiger partial charge < -0.3 is 10.2 Å². The van der Waals surface area contributed by atoms with E-state index >= 15 is 0 Å². The van der Waals surface area contributed by atoms with Crippen molar-refractivity contribution < 1.29 is 4.92 Å². The van der Waals surface area contributed by atoms with Crippen molar-refractivity contribution in [1.82, 2.24) is 10.2 Å². The number of piperazine rings is 1. The summed E-state index contributed by atoms with van der Waals surface area (Å²) >= 11 is 0. The van der Waals surface area contributed by atoms with Crippen molar-refractivity contribution >= 4 is 11.4 Å². The number of rotatable bonds is 5. The minimum absolute atomic E-state index is 0.0387. The van der Waals surface area contributed by atoms with Crippen LogP contribution in [0.2, 0.25) is 0 Å². The number of nitrogens with one attached hydrogen (secondary N) is 1. The molecule has 1 aromatic rings. The molecule has 1 aromatic carbocycles. The SMILES string of the molecule is CN(CCN1CCNCC1)c1cc(C#N)ccc1[N+](=O)[O-]. The standard InChI is InChI=1S/C14H19N5O2/c1-17(8-9-18-6-4-16-5-7-18)14-10-12(11-15)2-3-13(14)19(20)21/h2-3,10,16H,4-9H2,1H3. The van der Waals surface area contributed by atoms with Gasteiger partial charge in [0.15, 0.2) is 0 Å². The van der Waals surface area contributed by atoms with E-state index in [-0.39, 0.29) is 5.69 Å². The van der Waals surface area contributed by atoms with E-state index in [2.05, 4.69) is 10.2 Å². The van der Waals surface area contributed by atoms with E-state index in [1.54, 1.807) is 6.07 Å². The molecular weight excluding hydrogens is 270 g/mol. The maximum absolute atomic E-state index is 11.1. The van der Waals surface area contributed by atoms with E-state index < -0.39 is 4.92 Å². The van der Waals surface area contributed by atoms with Gasteiger partial charge in [0.1, 0.15) is 5.69 Å². The molecule has 1 heterocycles. The van der Waals surface area contributed by atoms with Crippen LogP contribution < -0.4 is 10.2 Å². The molecular formula is C14H19N5O2. The second-order valence-corrected chi connectivity index (χ2v) is 5.09. The summed E-state index contributed by atoms with van der Waals surface area (Å²) < 4.78 is 0. The second kappa shape index (κ2) is 7.02. The number of nitriles is 1. The molecule has 1 aliphatic rings. The highest BCUT2D eigenvalue weighted by Crippen LogP contribution is 2.28. The molecule has 0 atom stereocenters. The van der Waals surface area contributed by atoms with Gasteiger partial charge in [0.05, 0.1) is 16.6 Å². The number of anilines is 1. The first-order valence-corrected chi connectivity index (χ1v) is 6.94. The molecule has 1 fully saturated rings.